The molecule has 1 aromatic heterocycles. The van der Waals surface area contributed by atoms with E-state index in [0.29, 0.717) is 0 Å². The van der Waals surface area contributed by atoms with Crippen LogP contribution in [-0.2, 0) is 0 Å². The highest BCUT2D eigenvalue weighted by Crippen LogP contribution is 2.22. The SMILES string of the molecule is Cc1ccnc(NCCCN(C)C2CCCCC2)c1N. The molecule has 4 nitrogen and oxygen atoms in total. The van der Waals surface area contributed by atoms with Gasteiger partial charge in [-0.2, -0.15) is 0 Å². The summed E-state index contributed by atoms with van der Waals surface area (Å²) in [7, 11) is 2.26. The van der Waals surface area contributed by atoms with Gasteiger partial charge >= 0.3 is 0 Å². The van der Waals surface area contributed by atoms with Crippen molar-refractivity contribution in [2.24, 2.45) is 0 Å². The lowest BCUT2D eigenvalue weighted by Gasteiger charge is -2.31. The van der Waals surface area contributed by atoms with Crippen molar-refractivity contribution in [2.45, 2.75) is 51.5 Å². The van der Waals surface area contributed by atoms with Gasteiger partial charge in [0.25, 0.3) is 0 Å². The van der Waals surface area contributed by atoms with Crippen LogP contribution in [-0.4, -0.2) is 36.1 Å². The fourth-order valence-electron chi connectivity index (χ4n) is 2.95. The molecule has 3 N–H and O–H groups in total. The summed E-state index contributed by atoms with van der Waals surface area (Å²) in [4.78, 5) is 6.82. The van der Waals surface area contributed by atoms with Crippen LogP contribution in [0.4, 0.5) is 11.5 Å². The minimum Gasteiger partial charge on any atom is -0.396 e. The summed E-state index contributed by atoms with van der Waals surface area (Å²) in [6.45, 7) is 4.08. The zero-order chi connectivity index (χ0) is 14.4. The van der Waals surface area contributed by atoms with Crippen molar-refractivity contribution in [3.63, 3.8) is 0 Å². The fraction of sp³-hybridized carbons (Fsp3) is 0.688. The summed E-state index contributed by atoms with van der Waals surface area (Å²) in [5, 5.41) is 3.35. The Labute approximate surface area is 122 Å². The molecule has 1 aliphatic rings. The molecule has 20 heavy (non-hydrogen) atoms. The third-order valence-corrected chi connectivity index (χ3v) is 4.39. The zero-order valence-electron chi connectivity index (χ0n) is 12.9. The van der Waals surface area contributed by atoms with E-state index in [9.17, 15) is 0 Å². The third-order valence-electron chi connectivity index (χ3n) is 4.39. The second-order valence-corrected chi connectivity index (χ2v) is 5.94. The molecule has 0 spiro atoms. The normalized spacial score (nSPS) is 16.6. The summed E-state index contributed by atoms with van der Waals surface area (Å²) < 4.78 is 0. The minimum atomic E-state index is 0.771. The van der Waals surface area contributed by atoms with Crippen molar-refractivity contribution in [3.8, 4) is 0 Å². The van der Waals surface area contributed by atoms with E-state index in [2.05, 4.69) is 22.2 Å². The maximum Gasteiger partial charge on any atom is 0.149 e. The molecule has 2 rings (SSSR count). The molecule has 1 aliphatic carbocycles. The number of hydrogen-bond donors (Lipinski definition) is 2. The number of nitrogens with zero attached hydrogens (tertiary/aromatic N) is 2. The van der Waals surface area contributed by atoms with E-state index >= 15 is 0 Å². The van der Waals surface area contributed by atoms with Gasteiger partial charge in [-0.05, 0) is 51.4 Å². The number of aromatic nitrogens is 1. The van der Waals surface area contributed by atoms with E-state index < -0.39 is 0 Å². The van der Waals surface area contributed by atoms with Gasteiger partial charge in [0, 0.05) is 18.8 Å². The van der Waals surface area contributed by atoms with Gasteiger partial charge in [-0.1, -0.05) is 19.3 Å². The lowest BCUT2D eigenvalue weighted by atomic mass is 9.94. The van der Waals surface area contributed by atoms with Gasteiger partial charge < -0.3 is 16.0 Å². The molecule has 0 saturated heterocycles. The van der Waals surface area contributed by atoms with Crippen LogP contribution in [0.3, 0.4) is 0 Å². The number of nitrogens with two attached hydrogens (primary N) is 1. The first-order valence-electron chi connectivity index (χ1n) is 7.83. The predicted octanol–water partition coefficient (Wildman–Crippen LogP) is 3.04. The molecule has 0 radical (unpaired) electrons. The second kappa shape index (κ2) is 7.48. The number of rotatable bonds is 6. The second-order valence-electron chi connectivity index (χ2n) is 5.94. The minimum absolute atomic E-state index is 0.771. The molecule has 4 heteroatoms. The van der Waals surface area contributed by atoms with Crippen LogP contribution in [0.25, 0.3) is 0 Å². The van der Waals surface area contributed by atoms with E-state index in [1.54, 1.807) is 0 Å². The summed E-state index contributed by atoms with van der Waals surface area (Å²) in [5.74, 6) is 0.824. The number of pyridine rings is 1. The van der Waals surface area contributed by atoms with Gasteiger partial charge in [0.2, 0.25) is 0 Å². The number of nitrogens with one attached hydrogen (secondary N) is 1. The van der Waals surface area contributed by atoms with Crippen molar-refractivity contribution < 1.29 is 0 Å². The Morgan fingerprint density at radius 3 is 2.85 bits per heavy atom. The van der Waals surface area contributed by atoms with Crippen LogP contribution in [0.15, 0.2) is 12.3 Å². The number of anilines is 2. The molecule has 0 unspecified atom stereocenters. The summed E-state index contributed by atoms with van der Waals surface area (Å²) in [5.41, 5.74) is 7.86. The van der Waals surface area contributed by atoms with Crippen LogP contribution < -0.4 is 11.1 Å². The van der Waals surface area contributed by atoms with Gasteiger partial charge in [0.15, 0.2) is 0 Å². The van der Waals surface area contributed by atoms with Crippen LogP contribution in [0.1, 0.15) is 44.1 Å². The van der Waals surface area contributed by atoms with Gasteiger partial charge in [-0.3, -0.25) is 0 Å². The molecular weight excluding hydrogens is 248 g/mol. The third kappa shape index (κ3) is 4.10. The molecular formula is C16H28N4. The van der Waals surface area contributed by atoms with Crippen molar-refractivity contribution in [3.05, 3.63) is 17.8 Å². The summed E-state index contributed by atoms with van der Waals surface area (Å²) in [6.07, 6.45) is 9.90. The Morgan fingerprint density at radius 2 is 2.10 bits per heavy atom. The molecule has 0 atom stereocenters. The zero-order valence-corrected chi connectivity index (χ0v) is 12.9. The Bertz CT molecular complexity index is 413. The Kier molecular flexibility index (Phi) is 5.65. The average Bonchev–Trinajstić information content (AvgIpc) is 2.48. The van der Waals surface area contributed by atoms with Crippen LogP contribution >= 0.6 is 0 Å². The smallest absolute Gasteiger partial charge is 0.149 e. The van der Waals surface area contributed by atoms with E-state index in [1.807, 2.05) is 19.2 Å². The lowest BCUT2D eigenvalue weighted by molar-refractivity contribution is 0.191. The first kappa shape index (κ1) is 15.1. The molecule has 1 heterocycles. The van der Waals surface area contributed by atoms with E-state index in [4.69, 9.17) is 5.73 Å². The van der Waals surface area contributed by atoms with Gasteiger partial charge in [-0.15, -0.1) is 0 Å². The van der Waals surface area contributed by atoms with Gasteiger partial charge in [0.1, 0.15) is 5.82 Å². The average molecular weight is 276 g/mol. The Hall–Kier alpha value is -1.29. The predicted molar refractivity (Wildman–Crippen MR) is 86.0 cm³/mol. The highest BCUT2D eigenvalue weighted by atomic mass is 15.1. The molecule has 1 fully saturated rings. The maximum absolute atomic E-state index is 6.01. The molecule has 0 bridgehead atoms. The maximum atomic E-state index is 6.01. The number of hydrogen-bond acceptors (Lipinski definition) is 4. The topological polar surface area (TPSA) is 54.2 Å². The molecule has 1 aromatic rings. The molecule has 0 aromatic carbocycles. The van der Waals surface area contributed by atoms with E-state index in [0.717, 1.165) is 42.6 Å². The van der Waals surface area contributed by atoms with E-state index in [1.165, 1.54) is 32.1 Å². The van der Waals surface area contributed by atoms with Crippen LogP contribution in [0.5, 0.6) is 0 Å². The van der Waals surface area contributed by atoms with Crippen molar-refractivity contribution in [1.29, 1.82) is 0 Å². The first-order valence-corrected chi connectivity index (χ1v) is 7.83. The van der Waals surface area contributed by atoms with Crippen molar-refractivity contribution >= 4 is 11.5 Å². The fourth-order valence-corrected chi connectivity index (χ4v) is 2.95. The Balaban J connectivity index is 1.69. The standard InChI is InChI=1S/C16H28N4/c1-13-9-11-19-16(15(13)17)18-10-6-12-20(2)14-7-4-3-5-8-14/h9,11,14H,3-8,10,12,17H2,1-2H3,(H,18,19). The lowest BCUT2D eigenvalue weighted by Crippen LogP contribution is -2.34. The van der Waals surface area contributed by atoms with Crippen molar-refractivity contribution in [2.75, 3.05) is 31.2 Å². The molecule has 112 valence electrons. The van der Waals surface area contributed by atoms with Gasteiger partial charge in [-0.25, -0.2) is 4.98 Å². The quantitative estimate of drug-likeness (QED) is 0.784. The molecule has 0 amide bonds. The highest BCUT2D eigenvalue weighted by Gasteiger charge is 2.17. The first-order chi connectivity index (χ1) is 9.68. The monoisotopic (exact) mass is 276 g/mol. The van der Waals surface area contributed by atoms with E-state index in [-0.39, 0.29) is 0 Å². The largest absolute Gasteiger partial charge is 0.396 e. The molecule has 0 aliphatic heterocycles. The number of aryl methyl sites for hydroxylation is 1. The van der Waals surface area contributed by atoms with Gasteiger partial charge in [0.05, 0.1) is 5.69 Å². The highest BCUT2D eigenvalue weighted by molar-refractivity contribution is 5.64. The summed E-state index contributed by atoms with van der Waals surface area (Å²) in [6, 6.07) is 2.74. The van der Waals surface area contributed by atoms with Crippen LogP contribution in [0.2, 0.25) is 0 Å². The summed E-state index contributed by atoms with van der Waals surface area (Å²) >= 11 is 0. The van der Waals surface area contributed by atoms with Crippen molar-refractivity contribution in [1.82, 2.24) is 9.88 Å². The number of nitrogen functional groups attached to an aromatic ring is 1. The van der Waals surface area contributed by atoms with Crippen LogP contribution in [0, 0.1) is 6.92 Å². The molecule has 1 saturated carbocycles. The Morgan fingerprint density at radius 1 is 1.35 bits per heavy atom.